The molecule has 1 aromatic rings. The number of nitro benzene ring substituents is 1. The predicted octanol–water partition coefficient (Wildman–Crippen LogP) is 2.09. The van der Waals surface area contributed by atoms with Gasteiger partial charge in [-0.05, 0) is 6.07 Å². The van der Waals surface area contributed by atoms with Crippen LogP contribution in [0.3, 0.4) is 0 Å². The van der Waals surface area contributed by atoms with E-state index in [0.29, 0.717) is 6.61 Å². The highest BCUT2D eigenvalue weighted by Gasteiger charge is 2.22. The van der Waals surface area contributed by atoms with Crippen LogP contribution in [0.15, 0.2) is 18.2 Å². The van der Waals surface area contributed by atoms with Gasteiger partial charge in [0.15, 0.2) is 0 Å². The van der Waals surface area contributed by atoms with Gasteiger partial charge in [0, 0.05) is 23.6 Å². The van der Waals surface area contributed by atoms with Crippen molar-refractivity contribution in [2.45, 2.75) is 12.8 Å². The third-order valence-corrected chi connectivity index (χ3v) is 2.22. The average molecular weight is 179 g/mol. The number of non-ortho nitro benzene ring substituents is 1. The normalized spacial score (nSPS) is 19.3. The van der Waals surface area contributed by atoms with Gasteiger partial charge in [-0.2, -0.15) is 0 Å². The number of ether oxygens (including phenoxy) is 1. The van der Waals surface area contributed by atoms with E-state index < -0.39 is 0 Å². The summed E-state index contributed by atoms with van der Waals surface area (Å²) in [7, 11) is 0. The summed E-state index contributed by atoms with van der Waals surface area (Å²) in [5.41, 5.74) is 1.07. The Kier molecular flexibility index (Phi) is 1.69. The Balaban J connectivity index is 2.47. The van der Waals surface area contributed by atoms with Crippen LogP contribution in [0, 0.1) is 10.1 Å². The number of hydrogen-bond acceptors (Lipinski definition) is 3. The van der Waals surface area contributed by atoms with E-state index in [9.17, 15) is 10.1 Å². The van der Waals surface area contributed by atoms with Crippen LogP contribution in [0.25, 0.3) is 0 Å². The largest absolute Gasteiger partial charge is 0.493 e. The van der Waals surface area contributed by atoms with Crippen molar-refractivity contribution in [1.82, 2.24) is 0 Å². The predicted molar refractivity (Wildman–Crippen MR) is 47.0 cm³/mol. The SMILES string of the molecule is CC1COc2ccc([N+](=O)[O-])cc21. The molecule has 0 bridgehead atoms. The van der Waals surface area contributed by atoms with E-state index in [1.807, 2.05) is 6.92 Å². The van der Waals surface area contributed by atoms with E-state index in [-0.39, 0.29) is 16.5 Å². The number of nitrogens with zero attached hydrogens (tertiary/aromatic N) is 1. The molecule has 68 valence electrons. The molecule has 0 radical (unpaired) electrons. The Hall–Kier alpha value is -1.58. The highest BCUT2D eigenvalue weighted by atomic mass is 16.6. The summed E-state index contributed by atoms with van der Waals surface area (Å²) >= 11 is 0. The molecule has 1 aliphatic rings. The maximum Gasteiger partial charge on any atom is 0.269 e. The molecular formula is C9H9NO3. The lowest BCUT2D eigenvalue weighted by molar-refractivity contribution is -0.384. The lowest BCUT2D eigenvalue weighted by Crippen LogP contribution is -1.94. The number of nitro groups is 1. The summed E-state index contributed by atoms with van der Waals surface area (Å²) in [5.74, 6) is 1.04. The number of benzene rings is 1. The molecule has 1 unspecified atom stereocenters. The van der Waals surface area contributed by atoms with Gasteiger partial charge in [0.05, 0.1) is 11.5 Å². The zero-order valence-electron chi connectivity index (χ0n) is 7.19. The van der Waals surface area contributed by atoms with Crippen molar-refractivity contribution in [2.24, 2.45) is 0 Å². The summed E-state index contributed by atoms with van der Waals surface area (Å²) in [6, 6.07) is 4.72. The first-order valence-corrected chi connectivity index (χ1v) is 4.09. The number of rotatable bonds is 1. The molecule has 0 saturated heterocycles. The average Bonchev–Trinajstić information content (AvgIpc) is 2.47. The van der Waals surface area contributed by atoms with Crippen molar-refractivity contribution in [3.8, 4) is 5.75 Å². The van der Waals surface area contributed by atoms with Crippen molar-refractivity contribution in [2.75, 3.05) is 6.61 Å². The zero-order chi connectivity index (χ0) is 9.42. The minimum atomic E-state index is -0.384. The van der Waals surface area contributed by atoms with E-state index in [1.54, 1.807) is 12.1 Å². The molecule has 0 aromatic heterocycles. The second-order valence-electron chi connectivity index (χ2n) is 3.19. The van der Waals surface area contributed by atoms with Crippen LogP contribution in [-0.4, -0.2) is 11.5 Å². The zero-order valence-corrected chi connectivity index (χ0v) is 7.19. The summed E-state index contributed by atoms with van der Waals surface area (Å²) < 4.78 is 5.32. The molecular weight excluding hydrogens is 170 g/mol. The number of hydrogen-bond donors (Lipinski definition) is 0. The minimum absolute atomic E-state index is 0.135. The maximum atomic E-state index is 10.5. The topological polar surface area (TPSA) is 52.4 Å². The van der Waals surface area contributed by atoms with Gasteiger partial charge >= 0.3 is 0 Å². The first-order valence-electron chi connectivity index (χ1n) is 4.09. The second-order valence-corrected chi connectivity index (χ2v) is 3.19. The van der Waals surface area contributed by atoms with Crippen LogP contribution in [0.1, 0.15) is 18.4 Å². The van der Waals surface area contributed by atoms with Crippen LogP contribution in [0.4, 0.5) is 5.69 Å². The molecule has 0 spiro atoms. The summed E-state index contributed by atoms with van der Waals surface area (Å²) in [5, 5.41) is 10.5. The fraction of sp³-hybridized carbons (Fsp3) is 0.333. The Morgan fingerprint density at radius 3 is 3.08 bits per heavy atom. The van der Waals surface area contributed by atoms with E-state index in [0.717, 1.165) is 11.3 Å². The van der Waals surface area contributed by atoms with Crippen LogP contribution < -0.4 is 4.74 Å². The molecule has 1 aromatic carbocycles. The molecule has 0 fully saturated rings. The second kappa shape index (κ2) is 2.73. The Morgan fingerprint density at radius 2 is 2.38 bits per heavy atom. The highest BCUT2D eigenvalue weighted by molar-refractivity contribution is 5.47. The van der Waals surface area contributed by atoms with Crippen LogP contribution in [-0.2, 0) is 0 Å². The molecule has 1 heterocycles. The smallest absolute Gasteiger partial charge is 0.269 e. The van der Waals surface area contributed by atoms with Crippen molar-refractivity contribution in [3.63, 3.8) is 0 Å². The van der Waals surface area contributed by atoms with Gasteiger partial charge in [-0.1, -0.05) is 6.92 Å². The Bertz CT molecular complexity index is 362. The highest BCUT2D eigenvalue weighted by Crippen LogP contribution is 2.35. The summed E-state index contributed by atoms with van der Waals surface area (Å²) in [6.45, 7) is 2.62. The molecule has 4 nitrogen and oxygen atoms in total. The van der Waals surface area contributed by atoms with Crippen LogP contribution in [0.2, 0.25) is 0 Å². The van der Waals surface area contributed by atoms with Crippen LogP contribution in [0.5, 0.6) is 5.75 Å². The lowest BCUT2D eigenvalue weighted by atomic mass is 10.0. The van der Waals surface area contributed by atoms with Crippen molar-refractivity contribution < 1.29 is 9.66 Å². The quantitative estimate of drug-likeness (QED) is 0.490. The maximum absolute atomic E-state index is 10.5. The fourth-order valence-electron chi connectivity index (χ4n) is 1.47. The molecule has 2 rings (SSSR count). The van der Waals surface area contributed by atoms with Crippen LogP contribution >= 0.6 is 0 Å². The lowest BCUT2D eigenvalue weighted by Gasteiger charge is -1.98. The molecule has 4 heteroatoms. The molecule has 0 N–H and O–H groups in total. The molecule has 1 atom stereocenters. The van der Waals surface area contributed by atoms with Gasteiger partial charge in [-0.15, -0.1) is 0 Å². The standard InChI is InChI=1S/C9H9NO3/c1-6-5-13-9-3-2-7(10(11)12)4-8(6)9/h2-4,6H,5H2,1H3. The monoisotopic (exact) mass is 179 g/mol. The third kappa shape index (κ3) is 1.24. The van der Waals surface area contributed by atoms with E-state index in [4.69, 9.17) is 4.74 Å². The molecule has 13 heavy (non-hydrogen) atoms. The molecule has 0 amide bonds. The van der Waals surface area contributed by atoms with Gasteiger partial charge in [0.2, 0.25) is 0 Å². The van der Waals surface area contributed by atoms with Gasteiger partial charge < -0.3 is 4.74 Å². The van der Waals surface area contributed by atoms with E-state index >= 15 is 0 Å². The van der Waals surface area contributed by atoms with Crippen molar-refractivity contribution in [1.29, 1.82) is 0 Å². The summed E-state index contributed by atoms with van der Waals surface area (Å²) in [4.78, 5) is 10.1. The Morgan fingerprint density at radius 1 is 1.62 bits per heavy atom. The first-order chi connectivity index (χ1) is 6.18. The fourth-order valence-corrected chi connectivity index (χ4v) is 1.47. The van der Waals surface area contributed by atoms with E-state index in [1.165, 1.54) is 6.07 Å². The third-order valence-electron chi connectivity index (χ3n) is 2.22. The van der Waals surface area contributed by atoms with Gasteiger partial charge in [-0.3, -0.25) is 10.1 Å². The molecule has 1 aliphatic heterocycles. The minimum Gasteiger partial charge on any atom is -0.493 e. The summed E-state index contributed by atoms with van der Waals surface area (Å²) in [6.07, 6.45) is 0. The van der Waals surface area contributed by atoms with Gasteiger partial charge in [0.1, 0.15) is 5.75 Å². The van der Waals surface area contributed by atoms with Crippen molar-refractivity contribution in [3.05, 3.63) is 33.9 Å². The number of fused-ring (bicyclic) bond motifs is 1. The first kappa shape index (κ1) is 8.04. The van der Waals surface area contributed by atoms with Gasteiger partial charge in [0.25, 0.3) is 5.69 Å². The Labute approximate surface area is 75.3 Å². The molecule has 0 saturated carbocycles. The van der Waals surface area contributed by atoms with Crippen molar-refractivity contribution >= 4 is 5.69 Å². The molecule has 0 aliphatic carbocycles. The van der Waals surface area contributed by atoms with E-state index in [2.05, 4.69) is 0 Å². The van der Waals surface area contributed by atoms with Gasteiger partial charge in [-0.25, -0.2) is 0 Å².